The number of hydrogen-bond acceptors (Lipinski definition) is 4. The van der Waals surface area contributed by atoms with E-state index in [-0.39, 0.29) is 0 Å². The Bertz CT molecular complexity index is 503. The maximum Gasteiger partial charge on any atom is 0.125 e. The molecule has 1 N–H and O–H groups in total. The Balaban J connectivity index is 1.59. The molecule has 19 heavy (non-hydrogen) atoms. The van der Waals surface area contributed by atoms with Gasteiger partial charge in [0.25, 0.3) is 0 Å². The van der Waals surface area contributed by atoms with Crippen LogP contribution in [0.5, 0.6) is 0 Å². The van der Waals surface area contributed by atoms with E-state index in [2.05, 4.69) is 21.4 Å². The van der Waals surface area contributed by atoms with Gasteiger partial charge in [0.1, 0.15) is 5.01 Å². The van der Waals surface area contributed by atoms with Crippen LogP contribution in [-0.2, 0) is 6.54 Å². The zero-order chi connectivity index (χ0) is 12.9. The summed E-state index contributed by atoms with van der Waals surface area (Å²) in [5.74, 6) is 0. The van der Waals surface area contributed by atoms with Crippen molar-refractivity contribution in [2.75, 3.05) is 0 Å². The second kappa shape index (κ2) is 6.26. The number of thiazole rings is 1. The average Bonchev–Trinajstić information content (AvgIpc) is 2.96. The molecule has 0 saturated heterocycles. The van der Waals surface area contributed by atoms with E-state index in [9.17, 15) is 0 Å². The molecule has 0 aromatic carbocycles. The van der Waals surface area contributed by atoms with E-state index in [1.807, 2.05) is 18.5 Å². The van der Waals surface area contributed by atoms with Crippen LogP contribution in [0.2, 0.25) is 0 Å². The first-order valence-corrected chi connectivity index (χ1v) is 7.82. The van der Waals surface area contributed by atoms with Gasteiger partial charge in [-0.3, -0.25) is 4.98 Å². The molecule has 3 nitrogen and oxygen atoms in total. The first kappa shape index (κ1) is 12.8. The number of rotatable bonds is 4. The Morgan fingerprint density at radius 2 is 2.11 bits per heavy atom. The zero-order valence-electron chi connectivity index (χ0n) is 11.0. The van der Waals surface area contributed by atoms with Crippen LogP contribution in [-0.4, -0.2) is 16.0 Å². The Labute approximate surface area is 118 Å². The molecule has 1 saturated carbocycles. The normalized spacial score (nSPS) is 16.6. The number of nitrogens with one attached hydrogen (secondary N) is 1. The highest BCUT2D eigenvalue weighted by Crippen LogP contribution is 2.24. The van der Waals surface area contributed by atoms with Crippen LogP contribution in [0.15, 0.2) is 30.7 Å². The van der Waals surface area contributed by atoms with Crippen molar-refractivity contribution in [1.29, 1.82) is 0 Å². The van der Waals surface area contributed by atoms with Crippen molar-refractivity contribution in [3.63, 3.8) is 0 Å². The van der Waals surface area contributed by atoms with Crippen LogP contribution in [0, 0.1) is 0 Å². The summed E-state index contributed by atoms with van der Waals surface area (Å²) >= 11 is 1.76. The fourth-order valence-electron chi connectivity index (χ4n) is 2.56. The molecule has 0 aliphatic heterocycles. The van der Waals surface area contributed by atoms with Crippen LogP contribution < -0.4 is 5.32 Å². The number of nitrogens with zero attached hydrogens (tertiary/aromatic N) is 2. The molecule has 0 spiro atoms. The number of aromatic nitrogens is 2. The third kappa shape index (κ3) is 3.39. The molecular formula is C15H19N3S. The summed E-state index contributed by atoms with van der Waals surface area (Å²) in [6, 6.07) is 4.72. The lowest BCUT2D eigenvalue weighted by Crippen LogP contribution is -2.30. The van der Waals surface area contributed by atoms with Crippen LogP contribution >= 0.6 is 11.3 Å². The highest BCUT2D eigenvalue weighted by atomic mass is 32.1. The van der Waals surface area contributed by atoms with E-state index in [0.29, 0.717) is 6.04 Å². The average molecular weight is 273 g/mol. The Hall–Kier alpha value is -1.26. The molecule has 100 valence electrons. The SMILES string of the molecule is c1cncc(-c2ncc(CNC3CCCCC3)s2)c1. The highest BCUT2D eigenvalue weighted by Gasteiger charge is 2.13. The highest BCUT2D eigenvalue weighted by molar-refractivity contribution is 7.15. The third-order valence-electron chi connectivity index (χ3n) is 3.63. The smallest absolute Gasteiger partial charge is 0.125 e. The van der Waals surface area contributed by atoms with E-state index in [4.69, 9.17) is 0 Å². The minimum absolute atomic E-state index is 0.706. The Kier molecular flexibility index (Phi) is 4.20. The topological polar surface area (TPSA) is 37.8 Å². The molecule has 4 heteroatoms. The predicted octanol–water partition coefficient (Wildman–Crippen LogP) is 3.63. The van der Waals surface area contributed by atoms with E-state index in [1.54, 1.807) is 17.5 Å². The molecule has 3 rings (SSSR count). The third-order valence-corrected chi connectivity index (χ3v) is 4.68. The second-order valence-electron chi connectivity index (χ2n) is 5.09. The molecule has 2 aromatic rings. The van der Waals surface area contributed by atoms with Crippen LogP contribution in [0.4, 0.5) is 0 Å². The minimum Gasteiger partial charge on any atom is -0.309 e. The van der Waals surface area contributed by atoms with Gasteiger partial charge >= 0.3 is 0 Å². The van der Waals surface area contributed by atoms with Gasteiger partial charge in [0.05, 0.1) is 0 Å². The molecule has 1 aliphatic carbocycles. The van der Waals surface area contributed by atoms with Crippen molar-refractivity contribution in [3.05, 3.63) is 35.6 Å². The maximum absolute atomic E-state index is 4.49. The van der Waals surface area contributed by atoms with E-state index in [1.165, 1.54) is 37.0 Å². The standard InChI is InChI=1S/C15H19N3S/c1-2-6-13(7-3-1)17-10-14-11-18-15(19-14)12-5-4-8-16-9-12/h4-5,8-9,11,13,17H,1-3,6-7,10H2. The zero-order valence-corrected chi connectivity index (χ0v) is 11.8. The van der Waals surface area contributed by atoms with E-state index < -0.39 is 0 Å². The lowest BCUT2D eigenvalue weighted by molar-refractivity contribution is 0.373. The Morgan fingerprint density at radius 3 is 2.89 bits per heavy atom. The predicted molar refractivity (Wildman–Crippen MR) is 79.1 cm³/mol. The van der Waals surface area contributed by atoms with Gasteiger partial charge in [0, 0.05) is 41.6 Å². The van der Waals surface area contributed by atoms with Crippen molar-refractivity contribution in [3.8, 4) is 10.6 Å². The van der Waals surface area contributed by atoms with E-state index >= 15 is 0 Å². The van der Waals surface area contributed by atoms with Crippen molar-refractivity contribution >= 4 is 11.3 Å². The molecule has 0 bridgehead atoms. The van der Waals surface area contributed by atoms with Crippen molar-refractivity contribution in [2.45, 2.75) is 44.7 Å². The lowest BCUT2D eigenvalue weighted by Gasteiger charge is -2.22. The summed E-state index contributed by atoms with van der Waals surface area (Å²) in [6.07, 6.45) is 12.5. The largest absolute Gasteiger partial charge is 0.309 e. The van der Waals surface area contributed by atoms with Crippen LogP contribution in [0.25, 0.3) is 10.6 Å². The minimum atomic E-state index is 0.706. The molecule has 0 amide bonds. The van der Waals surface area contributed by atoms with Gasteiger partial charge in [-0.25, -0.2) is 4.98 Å². The molecule has 0 unspecified atom stereocenters. The first-order valence-electron chi connectivity index (χ1n) is 7.00. The fraction of sp³-hybridized carbons (Fsp3) is 0.467. The van der Waals surface area contributed by atoms with Gasteiger partial charge in [-0.05, 0) is 25.0 Å². The lowest BCUT2D eigenvalue weighted by atomic mass is 9.95. The van der Waals surface area contributed by atoms with Gasteiger partial charge in [-0.1, -0.05) is 19.3 Å². The molecule has 0 atom stereocenters. The fourth-order valence-corrected chi connectivity index (χ4v) is 3.42. The number of hydrogen-bond donors (Lipinski definition) is 1. The quantitative estimate of drug-likeness (QED) is 0.924. The molecule has 1 fully saturated rings. The molecule has 2 aromatic heterocycles. The van der Waals surface area contributed by atoms with Gasteiger partial charge in [-0.15, -0.1) is 11.3 Å². The van der Waals surface area contributed by atoms with Crippen LogP contribution in [0.1, 0.15) is 37.0 Å². The van der Waals surface area contributed by atoms with Gasteiger partial charge < -0.3 is 5.32 Å². The summed E-state index contributed by atoms with van der Waals surface area (Å²) in [7, 11) is 0. The molecule has 2 heterocycles. The monoisotopic (exact) mass is 273 g/mol. The number of pyridine rings is 1. The molecular weight excluding hydrogens is 254 g/mol. The summed E-state index contributed by atoms with van der Waals surface area (Å²) < 4.78 is 0. The maximum atomic E-state index is 4.49. The molecule has 1 aliphatic rings. The molecule has 0 radical (unpaired) electrons. The van der Waals surface area contributed by atoms with Crippen molar-refractivity contribution < 1.29 is 0 Å². The summed E-state index contributed by atoms with van der Waals surface area (Å²) in [4.78, 5) is 9.94. The summed E-state index contributed by atoms with van der Waals surface area (Å²) in [5, 5.41) is 4.72. The van der Waals surface area contributed by atoms with E-state index in [0.717, 1.165) is 17.1 Å². The summed E-state index contributed by atoms with van der Waals surface area (Å²) in [5.41, 5.74) is 1.11. The van der Waals surface area contributed by atoms with Crippen molar-refractivity contribution in [1.82, 2.24) is 15.3 Å². The Morgan fingerprint density at radius 1 is 1.21 bits per heavy atom. The van der Waals surface area contributed by atoms with Gasteiger partial charge in [0.15, 0.2) is 0 Å². The van der Waals surface area contributed by atoms with Gasteiger partial charge in [-0.2, -0.15) is 0 Å². The first-order chi connectivity index (χ1) is 9.42. The van der Waals surface area contributed by atoms with Crippen LogP contribution in [0.3, 0.4) is 0 Å². The second-order valence-corrected chi connectivity index (χ2v) is 6.20. The van der Waals surface area contributed by atoms with Gasteiger partial charge in [0.2, 0.25) is 0 Å². The summed E-state index contributed by atoms with van der Waals surface area (Å²) in [6.45, 7) is 0.947. The van der Waals surface area contributed by atoms with Crippen molar-refractivity contribution in [2.24, 2.45) is 0 Å².